The number of hydrogen-bond donors (Lipinski definition) is 1. The monoisotopic (exact) mass is 325 g/mol. The normalized spacial score (nSPS) is 14.0. The molecule has 0 amide bonds. The van der Waals surface area contributed by atoms with Gasteiger partial charge in [0.1, 0.15) is 17.4 Å². The highest BCUT2D eigenvalue weighted by molar-refractivity contribution is 7.94. The van der Waals surface area contributed by atoms with Crippen LogP contribution in [-0.2, 0) is 10.0 Å². The summed E-state index contributed by atoms with van der Waals surface area (Å²) in [4.78, 5) is 0.953. The Balaban J connectivity index is 1.94. The first-order valence-corrected chi connectivity index (χ1v) is 8.75. The molecule has 0 bridgehead atoms. The molecular weight excluding hydrogens is 310 g/mol. The molecule has 0 atom stereocenters. The maximum atomic E-state index is 12.4. The highest BCUT2D eigenvalue weighted by Crippen LogP contribution is 2.36. The van der Waals surface area contributed by atoms with E-state index in [1.807, 2.05) is 13.8 Å². The third kappa shape index (κ3) is 2.84. The Labute approximate surface area is 127 Å². The Bertz CT molecular complexity index is 780. The third-order valence-corrected chi connectivity index (χ3v) is 5.97. The molecule has 1 aliphatic heterocycles. The van der Waals surface area contributed by atoms with Gasteiger partial charge in [-0.3, -0.25) is 4.72 Å². The van der Waals surface area contributed by atoms with Crippen molar-refractivity contribution < 1.29 is 17.9 Å². The van der Waals surface area contributed by atoms with Gasteiger partial charge in [0.15, 0.2) is 11.5 Å². The van der Waals surface area contributed by atoms with E-state index in [1.165, 1.54) is 11.3 Å². The minimum atomic E-state index is -3.57. The van der Waals surface area contributed by atoms with Crippen molar-refractivity contribution in [1.82, 2.24) is 0 Å². The lowest BCUT2D eigenvalue weighted by Crippen LogP contribution is -2.17. The Morgan fingerprint density at radius 2 is 1.76 bits per heavy atom. The molecule has 0 spiro atoms. The van der Waals surface area contributed by atoms with E-state index in [9.17, 15) is 8.42 Å². The zero-order valence-corrected chi connectivity index (χ0v) is 13.3. The van der Waals surface area contributed by atoms with Crippen molar-refractivity contribution in [3.63, 3.8) is 0 Å². The first-order chi connectivity index (χ1) is 9.95. The average Bonchev–Trinajstić information content (AvgIpc) is 2.87. The summed E-state index contributed by atoms with van der Waals surface area (Å²) in [5.41, 5.74) is 1.29. The number of sulfonamides is 1. The van der Waals surface area contributed by atoms with Gasteiger partial charge in [-0.25, -0.2) is 8.42 Å². The Morgan fingerprint density at radius 3 is 2.38 bits per heavy atom. The van der Waals surface area contributed by atoms with Crippen molar-refractivity contribution in [1.29, 1.82) is 0 Å². The van der Waals surface area contributed by atoms with Gasteiger partial charge in [-0.05, 0) is 37.6 Å². The lowest BCUT2D eigenvalue weighted by molar-refractivity contribution is 0.171. The molecule has 0 saturated heterocycles. The van der Waals surface area contributed by atoms with Crippen LogP contribution in [0.1, 0.15) is 10.4 Å². The minimum absolute atomic E-state index is 0.300. The van der Waals surface area contributed by atoms with E-state index in [1.54, 1.807) is 24.3 Å². The molecule has 0 aliphatic carbocycles. The zero-order valence-electron chi connectivity index (χ0n) is 11.7. The van der Waals surface area contributed by atoms with Gasteiger partial charge in [-0.15, -0.1) is 11.3 Å². The van der Waals surface area contributed by atoms with Crippen LogP contribution in [0.4, 0.5) is 5.69 Å². The standard InChI is InChI=1S/C14H15NO4S2/c1-9-7-12-13(19-6-5-18-12)8-11(9)15-21(16,17)14-4-3-10(2)20-14/h3-4,7-8,15H,5-6H2,1-2H3. The van der Waals surface area contributed by atoms with Crippen molar-refractivity contribution in [2.24, 2.45) is 0 Å². The molecule has 1 N–H and O–H groups in total. The second kappa shape index (κ2) is 5.23. The van der Waals surface area contributed by atoms with E-state index < -0.39 is 10.0 Å². The van der Waals surface area contributed by atoms with Crippen LogP contribution < -0.4 is 14.2 Å². The zero-order chi connectivity index (χ0) is 15.0. The number of ether oxygens (including phenoxy) is 2. The summed E-state index contributed by atoms with van der Waals surface area (Å²) < 4.78 is 38.6. The van der Waals surface area contributed by atoms with Gasteiger partial charge in [0.25, 0.3) is 10.0 Å². The van der Waals surface area contributed by atoms with Crippen molar-refractivity contribution in [3.05, 3.63) is 34.7 Å². The summed E-state index contributed by atoms with van der Waals surface area (Å²) in [6.07, 6.45) is 0. The van der Waals surface area contributed by atoms with Crippen molar-refractivity contribution >= 4 is 27.0 Å². The fraction of sp³-hybridized carbons (Fsp3) is 0.286. The predicted octanol–water partition coefficient (Wildman–Crippen LogP) is 2.94. The molecule has 0 unspecified atom stereocenters. The Kier molecular flexibility index (Phi) is 3.54. The molecule has 2 aromatic rings. The van der Waals surface area contributed by atoms with E-state index in [0.29, 0.717) is 34.6 Å². The molecule has 1 aromatic heterocycles. The summed E-state index contributed by atoms with van der Waals surface area (Å²) in [6.45, 7) is 4.67. The van der Waals surface area contributed by atoms with Crippen molar-refractivity contribution in [3.8, 4) is 11.5 Å². The molecule has 0 radical (unpaired) electrons. The van der Waals surface area contributed by atoms with Gasteiger partial charge in [-0.1, -0.05) is 0 Å². The van der Waals surface area contributed by atoms with E-state index in [0.717, 1.165) is 10.4 Å². The molecule has 1 aliphatic rings. The van der Waals surface area contributed by atoms with Gasteiger partial charge in [0.05, 0.1) is 5.69 Å². The van der Waals surface area contributed by atoms with E-state index >= 15 is 0 Å². The fourth-order valence-corrected chi connectivity index (χ4v) is 4.46. The highest BCUT2D eigenvalue weighted by Gasteiger charge is 2.20. The van der Waals surface area contributed by atoms with Crippen LogP contribution in [0.3, 0.4) is 0 Å². The van der Waals surface area contributed by atoms with Gasteiger partial charge in [0.2, 0.25) is 0 Å². The highest BCUT2D eigenvalue weighted by atomic mass is 32.2. The Hall–Kier alpha value is -1.73. The lowest BCUT2D eigenvalue weighted by atomic mass is 10.2. The molecule has 5 nitrogen and oxygen atoms in total. The molecule has 3 rings (SSSR count). The number of benzene rings is 1. The first-order valence-electron chi connectivity index (χ1n) is 6.45. The third-order valence-electron chi connectivity index (χ3n) is 3.11. The van der Waals surface area contributed by atoms with Gasteiger partial charge >= 0.3 is 0 Å². The first kappa shape index (κ1) is 14.2. The second-order valence-corrected chi connectivity index (χ2v) is 7.98. The van der Waals surface area contributed by atoms with E-state index in [-0.39, 0.29) is 0 Å². The number of fused-ring (bicyclic) bond motifs is 1. The van der Waals surface area contributed by atoms with Crippen LogP contribution in [-0.4, -0.2) is 21.6 Å². The molecular formula is C14H15NO4S2. The van der Waals surface area contributed by atoms with Crippen LogP contribution in [0.15, 0.2) is 28.5 Å². The number of hydrogen-bond acceptors (Lipinski definition) is 5. The fourth-order valence-electron chi connectivity index (χ4n) is 2.05. The largest absolute Gasteiger partial charge is 0.486 e. The summed E-state index contributed by atoms with van der Waals surface area (Å²) in [5.74, 6) is 1.21. The summed E-state index contributed by atoms with van der Waals surface area (Å²) in [6, 6.07) is 6.85. The predicted molar refractivity (Wildman–Crippen MR) is 82.0 cm³/mol. The number of rotatable bonds is 3. The second-order valence-electron chi connectivity index (χ2n) is 4.78. The van der Waals surface area contributed by atoms with Crippen LogP contribution in [0, 0.1) is 13.8 Å². The molecule has 2 heterocycles. The lowest BCUT2D eigenvalue weighted by Gasteiger charge is -2.20. The topological polar surface area (TPSA) is 64.6 Å². The Morgan fingerprint density at radius 1 is 1.10 bits per heavy atom. The van der Waals surface area contributed by atoms with Gasteiger partial charge in [0, 0.05) is 10.9 Å². The van der Waals surface area contributed by atoms with Crippen LogP contribution in [0.5, 0.6) is 11.5 Å². The summed E-state index contributed by atoms with van der Waals surface area (Å²) in [5, 5.41) is 0. The molecule has 0 saturated carbocycles. The SMILES string of the molecule is Cc1ccc(S(=O)(=O)Nc2cc3c(cc2C)OCCO3)s1. The van der Waals surface area contributed by atoms with Crippen LogP contribution in [0.25, 0.3) is 0 Å². The smallest absolute Gasteiger partial charge is 0.271 e. The summed E-state index contributed by atoms with van der Waals surface area (Å²) in [7, 11) is -3.57. The van der Waals surface area contributed by atoms with Gasteiger partial charge < -0.3 is 9.47 Å². The number of aryl methyl sites for hydroxylation is 2. The number of nitrogens with one attached hydrogen (secondary N) is 1. The number of thiophene rings is 1. The van der Waals surface area contributed by atoms with Crippen LogP contribution in [0.2, 0.25) is 0 Å². The number of anilines is 1. The molecule has 7 heteroatoms. The van der Waals surface area contributed by atoms with Gasteiger partial charge in [-0.2, -0.15) is 0 Å². The van der Waals surface area contributed by atoms with Crippen molar-refractivity contribution in [2.45, 2.75) is 18.1 Å². The maximum Gasteiger partial charge on any atom is 0.271 e. The van der Waals surface area contributed by atoms with E-state index in [4.69, 9.17) is 9.47 Å². The molecule has 1 aromatic carbocycles. The van der Waals surface area contributed by atoms with E-state index in [2.05, 4.69) is 4.72 Å². The molecule has 21 heavy (non-hydrogen) atoms. The van der Waals surface area contributed by atoms with Crippen molar-refractivity contribution in [2.75, 3.05) is 17.9 Å². The quantitative estimate of drug-likeness (QED) is 0.942. The molecule has 0 fully saturated rings. The molecule has 112 valence electrons. The average molecular weight is 325 g/mol. The van der Waals surface area contributed by atoms with Crippen LogP contribution >= 0.6 is 11.3 Å². The maximum absolute atomic E-state index is 12.4. The summed E-state index contributed by atoms with van der Waals surface area (Å²) >= 11 is 1.24. The minimum Gasteiger partial charge on any atom is -0.486 e.